The van der Waals surface area contributed by atoms with Crippen molar-refractivity contribution in [1.29, 1.82) is 0 Å². The van der Waals surface area contributed by atoms with Gasteiger partial charge in [0.15, 0.2) is 23.3 Å². The number of benzene rings is 3. The molecule has 0 unspecified atom stereocenters. The van der Waals surface area contributed by atoms with Gasteiger partial charge < -0.3 is 9.64 Å². The monoisotopic (exact) mass is 598 g/mol. The Bertz CT molecular complexity index is 1420. The first kappa shape index (κ1) is 27.5. The highest BCUT2D eigenvalue weighted by molar-refractivity contribution is 9.10. The fraction of sp³-hybridized carbons (Fsp3) is 0.269. The molecule has 0 spiro atoms. The lowest BCUT2D eigenvalue weighted by atomic mass is 9.95. The molecule has 200 valence electrons. The number of carbonyl (C=O) groups is 1. The summed E-state index contributed by atoms with van der Waals surface area (Å²) in [5, 5.41) is 9.96. The van der Waals surface area contributed by atoms with Gasteiger partial charge in [0.1, 0.15) is 11.5 Å². The quantitative estimate of drug-likeness (QED) is 0.134. The van der Waals surface area contributed by atoms with Crippen LogP contribution in [0.2, 0.25) is 0 Å². The Morgan fingerprint density at radius 2 is 1.61 bits per heavy atom. The number of carbonyl (C=O) groups excluding carboxylic acids is 1. The lowest BCUT2D eigenvalue weighted by Gasteiger charge is -2.36. The van der Waals surface area contributed by atoms with Crippen LogP contribution in [0.1, 0.15) is 31.7 Å². The minimum atomic E-state index is -1.45. The fourth-order valence-electron chi connectivity index (χ4n) is 4.06. The number of amides is 1. The van der Waals surface area contributed by atoms with E-state index in [1.54, 1.807) is 0 Å². The average molecular weight is 599 g/mol. The largest absolute Gasteiger partial charge is 0.456 e. The van der Waals surface area contributed by atoms with E-state index in [4.69, 9.17) is 4.74 Å². The van der Waals surface area contributed by atoms with E-state index in [0.29, 0.717) is 10.2 Å². The van der Waals surface area contributed by atoms with Crippen LogP contribution in [0.25, 0.3) is 0 Å². The summed E-state index contributed by atoms with van der Waals surface area (Å²) in [7, 11) is 0. The molecule has 3 aromatic carbocycles. The third-order valence-electron chi connectivity index (χ3n) is 6.16. The van der Waals surface area contributed by atoms with E-state index in [1.165, 1.54) is 6.07 Å². The number of nitro groups is 1. The molecule has 1 atom stereocenters. The zero-order chi connectivity index (χ0) is 27.7. The van der Waals surface area contributed by atoms with Crippen LogP contribution >= 0.6 is 15.9 Å². The van der Waals surface area contributed by atoms with Crippen molar-refractivity contribution in [1.82, 2.24) is 0 Å². The number of hydrogen-bond donors (Lipinski definition) is 0. The van der Waals surface area contributed by atoms with Gasteiger partial charge >= 0.3 is 5.69 Å². The molecule has 12 heteroatoms. The van der Waals surface area contributed by atoms with E-state index >= 15 is 0 Å². The summed E-state index contributed by atoms with van der Waals surface area (Å²) >= 11 is 3.48. The zero-order valence-electron chi connectivity index (χ0n) is 19.8. The standard InChI is InChI=1S/C20H18BrF2NO2.C6H2F3NO2/c1-11-2-6-14-18(24(11)20(25)12-3-4-12)9-7-15(21)19(14)26-13-5-8-16(22)17(23)10-13;7-3-1-5(9)6(10(11)12)2-4(3)8/h5,7-12H,2-4,6H2,1H3;1-2H/t11-;/m0./s1. The van der Waals surface area contributed by atoms with Crippen molar-refractivity contribution in [3.05, 3.63) is 91.7 Å². The van der Waals surface area contributed by atoms with Crippen LogP contribution in [0.15, 0.2) is 46.9 Å². The predicted molar refractivity (Wildman–Crippen MR) is 132 cm³/mol. The number of nitro benzene ring substituents is 1. The van der Waals surface area contributed by atoms with Gasteiger partial charge in [0, 0.05) is 29.7 Å². The molecule has 0 saturated heterocycles. The van der Waals surface area contributed by atoms with Crippen LogP contribution in [-0.2, 0) is 11.2 Å². The Kier molecular flexibility index (Phi) is 8.00. The molecule has 1 aliphatic carbocycles. The van der Waals surface area contributed by atoms with E-state index < -0.39 is 39.7 Å². The van der Waals surface area contributed by atoms with Crippen molar-refractivity contribution in [2.45, 2.75) is 38.6 Å². The average Bonchev–Trinajstić information content (AvgIpc) is 3.71. The van der Waals surface area contributed by atoms with Gasteiger partial charge in [-0.05, 0) is 72.8 Å². The third-order valence-corrected chi connectivity index (χ3v) is 6.79. The Labute approximate surface area is 222 Å². The molecule has 1 saturated carbocycles. The van der Waals surface area contributed by atoms with Crippen molar-refractivity contribution in [3.63, 3.8) is 0 Å². The van der Waals surface area contributed by atoms with Gasteiger partial charge in [0.2, 0.25) is 11.7 Å². The van der Waals surface area contributed by atoms with Gasteiger partial charge in [-0.1, -0.05) is 0 Å². The number of ether oxygens (including phenoxy) is 1. The molecule has 2 aliphatic rings. The molecule has 1 aliphatic heterocycles. The molecular weight excluding hydrogens is 579 g/mol. The smallest absolute Gasteiger partial charge is 0.307 e. The minimum Gasteiger partial charge on any atom is -0.456 e. The summed E-state index contributed by atoms with van der Waals surface area (Å²) in [5.74, 6) is -5.09. The lowest BCUT2D eigenvalue weighted by Crippen LogP contribution is -2.43. The van der Waals surface area contributed by atoms with E-state index in [1.807, 2.05) is 17.0 Å². The molecular formula is C26H20BrF5N2O4. The lowest BCUT2D eigenvalue weighted by molar-refractivity contribution is -0.387. The molecule has 6 nitrogen and oxygen atoms in total. The number of hydrogen-bond acceptors (Lipinski definition) is 4. The molecule has 1 amide bonds. The topological polar surface area (TPSA) is 72.7 Å². The van der Waals surface area contributed by atoms with E-state index in [-0.39, 0.29) is 35.7 Å². The molecule has 0 aromatic heterocycles. The van der Waals surface area contributed by atoms with E-state index in [9.17, 15) is 36.9 Å². The van der Waals surface area contributed by atoms with Gasteiger partial charge in [0.25, 0.3) is 0 Å². The second-order valence-electron chi connectivity index (χ2n) is 8.90. The van der Waals surface area contributed by atoms with Crippen molar-refractivity contribution in [3.8, 4) is 11.5 Å². The highest BCUT2D eigenvalue weighted by Gasteiger charge is 2.39. The molecule has 5 rings (SSSR count). The second kappa shape index (κ2) is 11.1. The summed E-state index contributed by atoms with van der Waals surface area (Å²) < 4.78 is 70.2. The number of nitrogens with zero attached hydrogens (tertiary/aromatic N) is 2. The number of anilines is 1. The van der Waals surface area contributed by atoms with E-state index in [0.717, 1.165) is 49.1 Å². The number of fused-ring (bicyclic) bond motifs is 1. The summed E-state index contributed by atoms with van der Waals surface area (Å²) in [6.07, 6.45) is 3.48. The van der Waals surface area contributed by atoms with E-state index in [2.05, 4.69) is 22.9 Å². The van der Waals surface area contributed by atoms with Crippen LogP contribution in [0.5, 0.6) is 11.5 Å². The maximum atomic E-state index is 13.5. The molecule has 1 heterocycles. The second-order valence-corrected chi connectivity index (χ2v) is 9.75. The summed E-state index contributed by atoms with van der Waals surface area (Å²) in [6.45, 7) is 2.06. The molecule has 0 radical (unpaired) electrons. The van der Waals surface area contributed by atoms with Crippen LogP contribution in [-0.4, -0.2) is 16.9 Å². The van der Waals surface area contributed by atoms with Crippen molar-refractivity contribution in [2.75, 3.05) is 4.90 Å². The molecule has 3 aromatic rings. The molecule has 1 fully saturated rings. The molecule has 0 N–H and O–H groups in total. The van der Waals surface area contributed by atoms with Crippen LogP contribution in [0.3, 0.4) is 0 Å². The predicted octanol–water partition coefficient (Wildman–Crippen LogP) is 7.61. The van der Waals surface area contributed by atoms with Crippen LogP contribution in [0, 0.1) is 45.1 Å². The first-order valence-electron chi connectivity index (χ1n) is 11.5. The highest BCUT2D eigenvalue weighted by Crippen LogP contribution is 2.45. The zero-order valence-corrected chi connectivity index (χ0v) is 21.4. The first-order chi connectivity index (χ1) is 18.0. The summed E-state index contributed by atoms with van der Waals surface area (Å²) in [5.41, 5.74) is 0.687. The summed E-state index contributed by atoms with van der Waals surface area (Å²) in [4.78, 5) is 23.5. The number of rotatable bonds is 4. The van der Waals surface area contributed by atoms with Gasteiger partial charge in [-0.25, -0.2) is 17.6 Å². The van der Waals surface area contributed by atoms with Gasteiger partial charge in [-0.3, -0.25) is 14.9 Å². The maximum absolute atomic E-state index is 13.5. The SMILES string of the molecule is C[C@H]1CCc2c(ccc(Br)c2Oc2ccc(F)c(F)c2)N1C(=O)C1CC1.O=[N+]([O-])c1cc(F)c(F)cc1F. The normalized spacial score (nSPS) is 16.3. The van der Waals surface area contributed by atoms with Crippen molar-refractivity contribution < 1.29 is 36.4 Å². The van der Waals surface area contributed by atoms with Gasteiger partial charge in [-0.2, -0.15) is 4.39 Å². The van der Waals surface area contributed by atoms with Crippen molar-refractivity contribution >= 4 is 33.2 Å². The Hall–Kier alpha value is -3.54. The Balaban J connectivity index is 0.000000236. The first-order valence-corrected chi connectivity index (χ1v) is 12.3. The molecule has 38 heavy (non-hydrogen) atoms. The Morgan fingerprint density at radius 3 is 2.24 bits per heavy atom. The maximum Gasteiger partial charge on any atom is 0.307 e. The fourth-order valence-corrected chi connectivity index (χ4v) is 4.51. The Morgan fingerprint density at radius 1 is 0.947 bits per heavy atom. The summed E-state index contributed by atoms with van der Waals surface area (Å²) in [6, 6.07) is 7.68. The minimum absolute atomic E-state index is 0.127. The van der Waals surface area contributed by atoms with Crippen molar-refractivity contribution in [2.24, 2.45) is 5.92 Å². The van der Waals surface area contributed by atoms with Gasteiger partial charge in [0.05, 0.1) is 21.1 Å². The van der Waals surface area contributed by atoms with Gasteiger partial charge in [-0.15, -0.1) is 0 Å². The number of halogens is 6. The van der Waals surface area contributed by atoms with Crippen LogP contribution in [0.4, 0.5) is 33.3 Å². The third kappa shape index (κ3) is 5.79. The van der Waals surface area contributed by atoms with Crippen LogP contribution < -0.4 is 9.64 Å². The molecule has 0 bridgehead atoms. The highest BCUT2D eigenvalue weighted by atomic mass is 79.9.